The number of thioether (sulfide) groups is 2. The maximum absolute atomic E-state index is 12.6. The largest absolute Gasteiger partial charge is 0.480 e. The first kappa shape index (κ1) is 25.3. The number of nitrogens with zero attached hydrogens (tertiary/aromatic N) is 3. The van der Waals surface area contributed by atoms with E-state index in [1.807, 2.05) is 13.8 Å². The van der Waals surface area contributed by atoms with E-state index in [4.69, 9.17) is 4.42 Å². The summed E-state index contributed by atoms with van der Waals surface area (Å²) in [5, 5.41) is 9.84. The second-order valence-corrected chi connectivity index (χ2v) is 8.72. The van der Waals surface area contributed by atoms with Gasteiger partial charge in [-0.05, 0) is 56.6 Å². The highest BCUT2D eigenvalue weighted by Gasteiger charge is 2.19. The van der Waals surface area contributed by atoms with E-state index in [9.17, 15) is 19.5 Å². The van der Waals surface area contributed by atoms with Gasteiger partial charge in [-0.2, -0.15) is 0 Å². The number of amides is 1. The number of benzene rings is 1. The monoisotopic (exact) mass is 475 g/mol. The molecule has 10 heteroatoms. The molecule has 1 N–H and O–H groups in total. The van der Waals surface area contributed by atoms with E-state index in [0.29, 0.717) is 33.7 Å². The lowest BCUT2D eigenvalue weighted by molar-refractivity contribution is -0.135. The van der Waals surface area contributed by atoms with Gasteiger partial charge in [-0.25, -0.2) is 0 Å². The lowest BCUT2D eigenvalue weighted by atomic mass is 10.2. The summed E-state index contributed by atoms with van der Waals surface area (Å²) in [5.41, 5.74) is 1.84. The zero-order valence-electron chi connectivity index (χ0n) is 18.1. The number of hydrogen-bond donors (Lipinski definition) is 1. The summed E-state index contributed by atoms with van der Waals surface area (Å²) in [6.45, 7) is 7.08. The molecule has 0 spiro atoms. The van der Waals surface area contributed by atoms with Crippen molar-refractivity contribution in [2.75, 3.05) is 24.4 Å². The quantitative estimate of drug-likeness (QED) is 0.159. The standard InChI is InChI=1S/C22H25N3O5S2/c1-15(2)24(4)22(29)19(32-14-26)11-16-9-10-21(30-16)31-13-25(12-20(27)28)18-8-6-5-7-17(18)23-3/h5-11,14-15H,3,12-13H2,1-2,4H3,(H,27,28)/b19-11-. The van der Waals surface area contributed by atoms with Crippen LogP contribution < -0.4 is 4.90 Å². The average Bonchev–Trinajstić information content (AvgIpc) is 3.22. The molecule has 2 aromatic rings. The van der Waals surface area contributed by atoms with Gasteiger partial charge >= 0.3 is 5.97 Å². The maximum atomic E-state index is 12.6. The zero-order chi connectivity index (χ0) is 23.7. The van der Waals surface area contributed by atoms with Gasteiger partial charge in [0.25, 0.3) is 5.91 Å². The second-order valence-electron chi connectivity index (χ2n) is 6.90. The fourth-order valence-corrected chi connectivity index (χ4v) is 3.96. The highest BCUT2D eigenvalue weighted by molar-refractivity contribution is 8.16. The number of likely N-dealkylation sites (N-methyl/N-ethyl adjacent to an activating group) is 1. The fourth-order valence-electron chi connectivity index (χ4n) is 2.60. The Labute approximate surface area is 195 Å². The molecule has 8 nitrogen and oxygen atoms in total. The number of aliphatic imine (C=N–C) groups is 1. The minimum Gasteiger partial charge on any atom is -0.480 e. The van der Waals surface area contributed by atoms with E-state index in [2.05, 4.69) is 11.7 Å². The first-order valence-electron chi connectivity index (χ1n) is 9.61. The maximum Gasteiger partial charge on any atom is 0.323 e. The van der Waals surface area contributed by atoms with Crippen LogP contribution in [0.5, 0.6) is 0 Å². The summed E-state index contributed by atoms with van der Waals surface area (Å²) in [6, 6.07) is 10.5. The van der Waals surface area contributed by atoms with Crippen molar-refractivity contribution in [3.63, 3.8) is 0 Å². The normalized spacial score (nSPS) is 11.3. The highest BCUT2D eigenvalue weighted by Crippen LogP contribution is 2.31. The van der Waals surface area contributed by atoms with Gasteiger partial charge in [-0.3, -0.25) is 19.4 Å². The van der Waals surface area contributed by atoms with Crippen LogP contribution in [-0.2, 0) is 14.4 Å². The summed E-state index contributed by atoms with van der Waals surface area (Å²) < 4.78 is 5.78. The van der Waals surface area contributed by atoms with E-state index in [0.717, 1.165) is 11.8 Å². The van der Waals surface area contributed by atoms with Crippen molar-refractivity contribution < 1.29 is 23.9 Å². The number of aliphatic carboxylic acids is 1. The molecule has 1 amide bonds. The number of rotatable bonds is 12. The van der Waals surface area contributed by atoms with E-state index < -0.39 is 5.97 Å². The summed E-state index contributed by atoms with van der Waals surface area (Å²) in [6.07, 6.45) is 1.52. The van der Waals surface area contributed by atoms with Crippen LogP contribution in [0.3, 0.4) is 0 Å². The molecular weight excluding hydrogens is 450 g/mol. The Bertz CT molecular complexity index is 1000. The molecule has 1 aromatic carbocycles. The third-order valence-corrected chi connectivity index (χ3v) is 6.03. The number of carboxylic acid groups (broad SMARTS) is 1. The Morgan fingerprint density at radius 1 is 1.25 bits per heavy atom. The van der Waals surface area contributed by atoms with Crippen LogP contribution >= 0.6 is 23.5 Å². The van der Waals surface area contributed by atoms with E-state index in [-0.39, 0.29) is 23.4 Å². The van der Waals surface area contributed by atoms with Crippen LogP contribution in [0.25, 0.3) is 6.08 Å². The molecule has 0 unspecified atom stereocenters. The topological polar surface area (TPSA) is 103 Å². The number of para-hydroxylation sites is 2. The van der Waals surface area contributed by atoms with Gasteiger partial charge in [0.1, 0.15) is 12.3 Å². The third-order valence-electron chi connectivity index (χ3n) is 4.44. The van der Waals surface area contributed by atoms with Gasteiger partial charge in [0.05, 0.1) is 22.2 Å². The number of hydrogen-bond acceptors (Lipinski definition) is 8. The minimum absolute atomic E-state index is 0.0194. The minimum atomic E-state index is -0.976. The van der Waals surface area contributed by atoms with Gasteiger partial charge in [-0.1, -0.05) is 23.9 Å². The van der Waals surface area contributed by atoms with Crippen molar-refractivity contribution in [3.8, 4) is 0 Å². The van der Waals surface area contributed by atoms with Gasteiger partial charge < -0.3 is 19.3 Å². The predicted octanol–water partition coefficient (Wildman–Crippen LogP) is 4.38. The molecule has 1 aromatic heterocycles. The third kappa shape index (κ3) is 7.03. The van der Waals surface area contributed by atoms with Crippen LogP contribution in [0, 0.1) is 0 Å². The predicted molar refractivity (Wildman–Crippen MR) is 130 cm³/mol. The Morgan fingerprint density at radius 3 is 2.59 bits per heavy atom. The molecule has 0 bridgehead atoms. The van der Waals surface area contributed by atoms with Crippen molar-refractivity contribution in [2.24, 2.45) is 4.99 Å². The van der Waals surface area contributed by atoms with Gasteiger partial charge in [-0.15, -0.1) is 0 Å². The fraction of sp³-hybridized carbons (Fsp3) is 0.273. The molecule has 0 atom stereocenters. The van der Waals surface area contributed by atoms with Crippen LogP contribution in [-0.4, -0.2) is 59.7 Å². The number of carbonyl (C=O) groups is 3. The molecule has 1 heterocycles. The number of carbonyl (C=O) groups excluding carboxylic acids is 2. The SMILES string of the molecule is C=Nc1ccccc1N(CSc1ccc(/C=C(\SC=O)C(=O)N(C)C(C)C)o1)CC(=O)O. The molecule has 2 rings (SSSR count). The highest BCUT2D eigenvalue weighted by atomic mass is 32.2. The smallest absolute Gasteiger partial charge is 0.323 e. The molecule has 0 saturated carbocycles. The molecular formula is C22H25N3O5S2. The Hall–Kier alpha value is -2.98. The summed E-state index contributed by atoms with van der Waals surface area (Å²) in [7, 11) is 1.67. The number of furan rings is 1. The van der Waals surface area contributed by atoms with Crippen molar-refractivity contribution in [1.29, 1.82) is 0 Å². The molecule has 0 saturated heterocycles. The van der Waals surface area contributed by atoms with E-state index in [1.54, 1.807) is 48.3 Å². The number of anilines is 1. The van der Waals surface area contributed by atoms with Gasteiger partial charge in [0.15, 0.2) is 10.7 Å². The second kappa shape index (κ2) is 12.2. The Balaban J connectivity index is 2.18. The first-order chi connectivity index (χ1) is 15.3. The summed E-state index contributed by atoms with van der Waals surface area (Å²) in [4.78, 5) is 42.3. The Morgan fingerprint density at radius 2 is 1.97 bits per heavy atom. The molecule has 0 fully saturated rings. The first-order valence-corrected chi connectivity index (χ1v) is 11.5. The molecule has 0 aliphatic rings. The van der Waals surface area contributed by atoms with Crippen molar-refractivity contribution in [3.05, 3.63) is 47.1 Å². The molecule has 0 radical (unpaired) electrons. The average molecular weight is 476 g/mol. The lowest BCUT2D eigenvalue weighted by Gasteiger charge is -2.23. The van der Waals surface area contributed by atoms with Gasteiger partial charge in [0, 0.05) is 19.2 Å². The van der Waals surface area contributed by atoms with Crippen LogP contribution in [0.2, 0.25) is 0 Å². The molecule has 170 valence electrons. The number of carboxylic acids is 1. The van der Waals surface area contributed by atoms with Crippen LogP contribution in [0.15, 0.2) is 55.8 Å². The summed E-state index contributed by atoms with van der Waals surface area (Å²) >= 11 is 2.09. The zero-order valence-corrected chi connectivity index (χ0v) is 19.7. The van der Waals surface area contributed by atoms with Crippen molar-refractivity contribution in [2.45, 2.75) is 25.0 Å². The van der Waals surface area contributed by atoms with Gasteiger partial charge in [0.2, 0.25) is 0 Å². The Kier molecular flexibility index (Phi) is 9.61. The van der Waals surface area contributed by atoms with Crippen LogP contribution in [0.4, 0.5) is 11.4 Å². The summed E-state index contributed by atoms with van der Waals surface area (Å²) in [5.74, 6) is -0.541. The van der Waals surface area contributed by atoms with Crippen molar-refractivity contribution >= 4 is 65.2 Å². The molecule has 0 aliphatic carbocycles. The van der Waals surface area contributed by atoms with Crippen LogP contribution in [0.1, 0.15) is 19.6 Å². The molecule has 32 heavy (non-hydrogen) atoms. The van der Waals surface area contributed by atoms with E-state index in [1.165, 1.54) is 22.7 Å². The van der Waals surface area contributed by atoms with E-state index >= 15 is 0 Å². The molecule has 0 aliphatic heterocycles. The van der Waals surface area contributed by atoms with Crippen molar-refractivity contribution in [1.82, 2.24) is 4.90 Å². The lowest BCUT2D eigenvalue weighted by Crippen LogP contribution is -2.33.